The molecule has 220 valence electrons. The zero-order valence-corrected chi connectivity index (χ0v) is 19.6. The van der Waals surface area contributed by atoms with Crippen molar-refractivity contribution < 1.29 is 70.6 Å². The lowest BCUT2D eigenvalue weighted by molar-refractivity contribution is -0.453. The molecule has 0 atom stereocenters. The Balaban J connectivity index is 3.36. The van der Waals surface area contributed by atoms with Crippen LogP contribution in [0.1, 0.15) is 18.1 Å². The Kier molecular flexibility index (Phi) is 8.99. The molecule has 0 aliphatic rings. The largest absolute Gasteiger partial charge is 0.487 e. The number of aryl methyl sites for hydroxylation is 2. The molecule has 0 aromatic heterocycles. The van der Waals surface area contributed by atoms with E-state index in [-0.39, 0.29) is 16.8 Å². The van der Waals surface area contributed by atoms with Crippen molar-refractivity contribution in [3.63, 3.8) is 0 Å². The van der Waals surface area contributed by atoms with E-state index in [4.69, 9.17) is 0 Å². The second-order valence-corrected chi connectivity index (χ2v) is 8.08. The summed E-state index contributed by atoms with van der Waals surface area (Å²) in [4.78, 5) is 5.63. The summed E-state index contributed by atoms with van der Waals surface area (Å²) in [6.45, 7) is 1.84. The molecule has 0 aliphatic heterocycles. The molecule has 18 heteroatoms. The van der Waals surface area contributed by atoms with Gasteiger partial charge in [0.25, 0.3) is 0 Å². The normalized spacial score (nSPS) is 14.8. The number of ether oxygens (including phenoxy) is 1. The van der Waals surface area contributed by atoms with Crippen molar-refractivity contribution >= 4 is 12.0 Å². The molecule has 0 heterocycles. The third-order valence-electron chi connectivity index (χ3n) is 5.19. The zero-order chi connectivity index (χ0) is 30.3. The summed E-state index contributed by atoms with van der Waals surface area (Å²) < 4.78 is 203. The molecule has 0 radical (unpaired) electrons. The number of nitrogens with zero attached hydrogens (tertiary/aromatic N) is 2. The SMILES string of the molecule is CCN(C)C=Nc1cc(C)c(OCC(F)(F)C(F)(F)C(F)(F)C(F)(F)C(F)(F)C(F)(F)C(F)(F)F)cc1C. The van der Waals surface area contributed by atoms with Crippen LogP contribution in [0.25, 0.3) is 0 Å². The maximum atomic E-state index is 14.0. The minimum atomic E-state index is -8.33. The van der Waals surface area contributed by atoms with E-state index in [1.807, 2.05) is 0 Å². The highest BCUT2D eigenvalue weighted by atomic mass is 19.4. The molecule has 0 amide bonds. The van der Waals surface area contributed by atoms with Crippen LogP contribution < -0.4 is 4.74 Å². The number of benzene rings is 1. The van der Waals surface area contributed by atoms with Gasteiger partial charge in [-0.2, -0.15) is 65.9 Å². The average molecular weight is 588 g/mol. The van der Waals surface area contributed by atoms with E-state index in [9.17, 15) is 65.9 Å². The lowest BCUT2D eigenvalue weighted by Gasteiger charge is -2.41. The molecule has 3 nitrogen and oxygen atoms in total. The van der Waals surface area contributed by atoms with Crippen LogP contribution in [0.4, 0.5) is 71.5 Å². The molecule has 1 aromatic carbocycles. The van der Waals surface area contributed by atoms with Crippen LogP contribution in [-0.2, 0) is 0 Å². The lowest BCUT2D eigenvalue weighted by atomic mass is 9.91. The van der Waals surface area contributed by atoms with Crippen LogP contribution in [0.5, 0.6) is 5.75 Å². The summed E-state index contributed by atoms with van der Waals surface area (Å²) in [6, 6.07) is 2.05. The van der Waals surface area contributed by atoms with Gasteiger partial charge in [-0.25, -0.2) is 4.99 Å². The Morgan fingerprint density at radius 2 is 1.16 bits per heavy atom. The molecule has 0 bridgehead atoms. The first-order chi connectivity index (χ1) is 16.7. The highest BCUT2D eigenvalue weighted by Crippen LogP contribution is 2.62. The summed E-state index contributed by atoms with van der Waals surface area (Å²) >= 11 is 0. The fraction of sp³-hybridized carbons (Fsp3) is 0.650. The number of hydrogen-bond acceptors (Lipinski definition) is 2. The molecule has 1 rings (SSSR count). The molecule has 1 aromatic rings. The molecule has 0 saturated carbocycles. The third kappa shape index (κ3) is 5.44. The van der Waals surface area contributed by atoms with Gasteiger partial charge in [-0.15, -0.1) is 0 Å². The summed E-state index contributed by atoms with van der Waals surface area (Å²) in [5.41, 5.74) is 0.216. The minimum Gasteiger partial charge on any atom is -0.487 e. The first-order valence-electron chi connectivity index (χ1n) is 10.0. The van der Waals surface area contributed by atoms with E-state index < -0.39 is 54.1 Å². The summed E-state index contributed by atoms with van der Waals surface area (Å²) in [5.74, 6) is -47.6. The smallest absolute Gasteiger partial charge is 0.460 e. The topological polar surface area (TPSA) is 24.8 Å². The van der Waals surface area contributed by atoms with Crippen molar-refractivity contribution in [2.24, 2.45) is 4.99 Å². The fourth-order valence-electron chi connectivity index (χ4n) is 2.57. The van der Waals surface area contributed by atoms with E-state index in [0.717, 1.165) is 19.1 Å². The van der Waals surface area contributed by atoms with Crippen molar-refractivity contribution in [2.45, 2.75) is 62.5 Å². The predicted octanol–water partition coefficient (Wildman–Crippen LogP) is 7.67. The highest BCUT2D eigenvalue weighted by molar-refractivity contribution is 5.64. The molecule has 0 aliphatic carbocycles. The monoisotopic (exact) mass is 588 g/mol. The Morgan fingerprint density at radius 1 is 0.711 bits per heavy atom. The van der Waals surface area contributed by atoms with Crippen molar-refractivity contribution in [2.75, 3.05) is 20.2 Å². The Morgan fingerprint density at radius 3 is 1.61 bits per heavy atom. The molecule has 38 heavy (non-hydrogen) atoms. The maximum Gasteiger partial charge on any atom is 0.460 e. The molecule has 0 N–H and O–H groups in total. The van der Waals surface area contributed by atoms with Crippen LogP contribution in [-0.4, -0.2) is 73.1 Å². The van der Waals surface area contributed by atoms with Crippen molar-refractivity contribution in [1.82, 2.24) is 4.90 Å². The van der Waals surface area contributed by atoms with E-state index >= 15 is 0 Å². The van der Waals surface area contributed by atoms with Crippen molar-refractivity contribution in [3.05, 3.63) is 23.3 Å². The van der Waals surface area contributed by atoms with Gasteiger partial charge in [-0.1, -0.05) is 0 Å². The summed E-state index contributed by atoms with van der Waals surface area (Å²) in [7, 11) is 1.63. The van der Waals surface area contributed by atoms with Gasteiger partial charge in [0.2, 0.25) is 0 Å². The zero-order valence-electron chi connectivity index (χ0n) is 19.6. The number of rotatable bonds is 11. The molecular formula is C20H19F15N2O. The number of hydrogen-bond donors (Lipinski definition) is 0. The van der Waals surface area contributed by atoms with Gasteiger partial charge in [0.15, 0.2) is 6.61 Å². The highest BCUT2D eigenvalue weighted by Gasteiger charge is 2.93. The number of halogens is 15. The second kappa shape index (κ2) is 10.2. The van der Waals surface area contributed by atoms with E-state index in [1.54, 1.807) is 18.9 Å². The van der Waals surface area contributed by atoms with Crippen LogP contribution in [0.3, 0.4) is 0 Å². The van der Waals surface area contributed by atoms with Gasteiger partial charge in [0, 0.05) is 13.6 Å². The van der Waals surface area contributed by atoms with E-state index in [0.29, 0.717) is 6.54 Å². The Labute approximate surface area is 205 Å². The average Bonchev–Trinajstić information content (AvgIpc) is 2.76. The van der Waals surface area contributed by atoms with Crippen molar-refractivity contribution in [3.8, 4) is 5.75 Å². The lowest BCUT2D eigenvalue weighted by Crippen LogP contribution is -2.73. The first kappa shape index (κ1) is 33.5. The van der Waals surface area contributed by atoms with Gasteiger partial charge >= 0.3 is 41.7 Å². The first-order valence-corrected chi connectivity index (χ1v) is 10.0. The van der Waals surface area contributed by atoms with Crippen LogP contribution >= 0.6 is 0 Å². The third-order valence-corrected chi connectivity index (χ3v) is 5.19. The maximum absolute atomic E-state index is 14.0. The van der Waals surface area contributed by atoms with Gasteiger partial charge in [0.05, 0.1) is 12.0 Å². The van der Waals surface area contributed by atoms with Crippen LogP contribution in [0.2, 0.25) is 0 Å². The fourth-order valence-corrected chi connectivity index (χ4v) is 2.57. The number of aliphatic imine (C=N–C) groups is 1. The van der Waals surface area contributed by atoms with Gasteiger partial charge in [0.1, 0.15) is 5.75 Å². The Hall–Kier alpha value is -2.56. The molecule has 0 fully saturated rings. The molecule has 0 saturated heterocycles. The van der Waals surface area contributed by atoms with Crippen LogP contribution in [0, 0.1) is 13.8 Å². The standard InChI is InChI=1S/C20H19F15N2O/c1-5-37(4)9-36-12-6-11(3)13(7-10(12)2)38-8-14(21,22)15(23,24)16(25,26)17(27,28)18(29,30)19(31,32)20(33,34)35/h6-7,9H,5,8H2,1-4H3. The molecule has 0 unspecified atom stereocenters. The number of alkyl halides is 15. The van der Waals surface area contributed by atoms with Crippen LogP contribution in [0.15, 0.2) is 17.1 Å². The summed E-state index contributed by atoms with van der Waals surface area (Å²) in [5, 5.41) is 0. The molecular weight excluding hydrogens is 569 g/mol. The van der Waals surface area contributed by atoms with E-state index in [1.165, 1.54) is 13.3 Å². The van der Waals surface area contributed by atoms with Gasteiger partial charge in [-0.3, -0.25) is 0 Å². The Bertz CT molecular complexity index is 1020. The van der Waals surface area contributed by atoms with Gasteiger partial charge in [-0.05, 0) is 44.0 Å². The summed E-state index contributed by atoms with van der Waals surface area (Å²) in [6.07, 6.45) is -6.30. The van der Waals surface area contributed by atoms with Crippen molar-refractivity contribution in [1.29, 1.82) is 0 Å². The molecule has 0 spiro atoms. The minimum absolute atomic E-state index is 0.130. The quantitative estimate of drug-likeness (QED) is 0.151. The second-order valence-electron chi connectivity index (χ2n) is 8.08. The van der Waals surface area contributed by atoms with Gasteiger partial charge < -0.3 is 9.64 Å². The van der Waals surface area contributed by atoms with E-state index in [2.05, 4.69) is 9.73 Å². The predicted molar refractivity (Wildman–Crippen MR) is 104 cm³/mol.